The van der Waals surface area contributed by atoms with E-state index in [4.69, 9.17) is 10.5 Å². The van der Waals surface area contributed by atoms with Crippen LogP contribution in [0.4, 0.5) is 5.82 Å². The zero-order chi connectivity index (χ0) is 16.8. The lowest BCUT2D eigenvalue weighted by Gasteiger charge is -2.44. The lowest BCUT2D eigenvalue weighted by Crippen LogP contribution is -2.53. The first-order valence-corrected chi connectivity index (χ1v) is 8.98. The van der Waals surface area contributed by atoms with Crippen molar-refractivity contribution in [3.63, 3.8) is 0 Å². The van der Waals surface area contributed by atoms with Crippen molar-refractivity contribution >= 4 is 11.8 Å². The average molecular weight is 331 g/mol. The van der Waals surface area contributed by atoms with Crippen molar-refractivity contribution in [2.24, 2.45) is 10.7 Å². The molecule has 2 heterocycles. The summed E-state index contributed by atoms with van der Waals surface area (Å²) in [6, 6.07) is 5.71. The topological polar surface area (TPSA) is 75.8 Å². The van der Waals surface area contributed by atoms with Crippen molar-refractivity contribution in [1.82, 2.24) is 9.88 Å². The van der Waals surface area contributed by atoms with Crippen LogP contribution in [0.3, 0.4) is 0 Å². The molecule has 3 N–H and O–H groups in total. The van der Waals surface area contributed by atoms with E-state index in [2.05, 4.69) is 20.2 Å². The summed E-state index contributed by atoms with van der Waals surface area (Å²) in [5.41, 5.74) is 6.25. The summed E-state index contributed by atoms with van der Waals surface area (Å²) >= 11 is 0. The van der Waals surface area contributed by atoms with E-state index in [1.807, 2.05) is 25.3 Å². The highest BCUT2D eigenvalue weighted by Crippen LogP contribution is 2.37. The fraction of sp³-hybridized carbons (Fsp3) is 0.667. The van der Waals surface area contributed by atoms with E-state index in [0.29, 0.717) is 12.1 Å². The van der Waals surface area contributed by atoms with Gasteiger partial charge in [-0.2, -0.15) is 0 Å². The van der Waals surface area contributed by atoms with Gasteiger partial charge in [-0.25, -0.2) is 4.98 Å². The van der Waals surface area contributed by atoms with Gasteiger partial charge in [0.05, 0.1) is 12.6 Å². The van der Waals surface area contributed by atoms with Gasteiger partial charge in [-0.15, -0.1) is 0 Å². The van der Waals surface area contributed by atoms with E-state index in [1.54, 1.807) is 6.20 Å². The van der Waals surface area contributed by atoms with Gasteiger partial charge in [0.1, 0.15) is 5.82 Å². The lowest BCUT2D eigenvalue weighted by atomic mass is 9.91. The molecule has 2 fully saturated rings. The third-order valence-electron chi connectivity index (χ3n) is 5.45. The second-order valence-electron chi connectivity index (χ2n) is 6.90. The fourth-order valence-corrected chi connectivity index (χ4v) is 4.01. The van der Waals surface area contributed by atoms with E-state index in [-0.39, 0.29) is 5.54 Å². The molecule has 1 saturated carbocycles. The van der Waals surface area contributed by atoms with Crippen molar-refractivity contribution < 1.29 is 4.74 Å². The molecule has 0 aromatic carbocycles. The number of anilines is 1. The van der Waals surface area contributed by atoms with Crippen LogP contribution in [-0.2, 0) is 4.74 Å². The van der Waals surface area contributed by atoms with E-state index in [1.165, 1.54) is 25.7 Å². The van der Waals surface area contributed by atoms with Crippen molar-refractivity contribution in [3.05, 3.63) is 24.4 Å². The Morgan fingerprint density at radius 2 is 2.12 bits per heavy atom. The SMILES string of the molecule is COC1CCN(C2(CN=C(N)Nc3ccccn3)CCCC2)CC1. The van der Waals surface area contributed by atoms with Crippen LogP contribution < -0.4 is 11.1 Å². The van der Waals surface area contributed by atoms with Crippen LogP contribution in [-0.4, -0.2) is 54.2 Å². The van der Waals surface area contributed by atoms with Crippen molar-refractivity contribution in [3.8, 4) is 0 Å². The first-order chi connectivity index (χ1) is 11.7. The summed E-state index contributed by atoms with van der Waals surface area (Å²) in [5, 5.41) is 3.08. The zero-order valence-electron chi connectivity index (χ0n) is 14.6. The summed E-state index contributed by atoms with van der Waals surface area (Å²) in [5.74, 6) is 1.19. The predicted molar refractivity (Wildman–Crippen MR) is 97.2 cm³/mol. The van der Waals surface area contributed by atoms with Gasteiger partial charge in [0.2, 0.25) is 0 Å². The number of methoxy groups -OCH3 is 1. The second kappa shape index (κ2) is 7.94. The Morgan fingerprint density at radius 3 is 2.75 bits per heavy atom. The van der Waals surface area contributed by atoms with E-state index < -0.39 is 0 Å². The van der Waals surface area contributed by atoms with Gasteiger partial charge in [-0.1, -0.05) is 18.9 Å². The van der Waals surface area contributed by atoms with Crippen molar-refractivity contribution in [1.29, 1.82) is 0 Å². The maximum Gasteiger partial charge on any atom is 0.194 e. The molecule has 0 spiro atoms. The normalized spacial score (nSPS) is 22.6. The number of nitrogens with one attached hydrogen (secondary N) is 1. The van der Waals surface area contributed by atoms with Gasteiger partial charge < -0.3 is 15.8 Å². The Hall–Kier alpha value is -1.66. The number of hydrogen-bond acceptors (Lipinski definition) is 4. The molecule has 0 radical (unpaired) electrons. The van der Waals surface area contributed by atoms with Crippen LogP contribution in [0.1, 0.15) is 38.5 Å². The molecular weight excluding hydrogens is 302 g/mol. The van der Waals surface area contributed by atoms with Gasteiger partial charge in [-0.05, 0) is 37.8 Å². The molecule has 1 aliphatic carbocycles. The Balaban J connectivity index is 1.62. The fourth-order valence-electron chi connectivity index (χ4n) is 4.01. The summed E-state index contributed by atoms with van der Waals surface area (Å²) in [6.07, 6.45) is 9.39. The molecule has 132 valence electrons. The molecule has 1 saturated heterocycles. The van der Waals surface area contributed by atoms with E-state index in [0.717, 1.165) is 38.3 Å². The summed E-state index contributed by atoms with van der Waals surface area (Å²) in [6.45, 7) is 2.96. The van der Waals surface area contributed by atoms with Gasteiger partial charge >= 0.3 is 0 Å². The molecule has 6 nitrogen and oxygen atoms in total. The quantitative estimate of drug-likeness (QED) is 0.639. The number of hydrogen-bond donors (Lipinski definition) is 2. The number of guanidine groups is 1. The van der Waals surface area contributed by atoms with Crippen LogP contribution in [0, 0.1) is 0 Å². The maximum absolute atomic E-state index is 6.08. The average Bonchev–Trinajstić information content (AvgIpc) is 3.11. The maximum atomic E-state index is 6.08. The number of piperidine rings is 1. The Kier molecular flexibility index (Phi) is 5.68. The highest BCUT2D eigenvalue weighted by molar-refractivity contribution is 5.91. The second-order valence-corrected chi connectivity index (χ2v) is 6.90. The molecule has 3 rings (SSSR count). The monoisotopic (exact) mass is 331 g/mol. The number of aromatic nitrogens is 1. The summed E-state index contributed by atoms with van der Waals surface area (Å²) < 4.78 is 5.51. The molecule has 1 aliphatic heterocycles. The highest BCUT2D eigenvalue weighted by Gasteiger charge is 2.40. The van der Waals surface area contributed by atoms with Gasteiger partial charge in [0.15, 0.2) is 5.96 Å². The Labute approximate surface area is 144 Å². The van der Waals surface area contributed by atoms with Crippen LogP contribution in [0.25, 0.3) is 0 Å². The van der Waals surface area contributed by atoms with Crippen LogP contribution >= 0.6 is 0 Å². The van der Waals surface area contributed by atoms with Crippen LogP contribution in [0.15, 0.2) is 29.4 Å². The third kappa shape index (κ3) is 4.05. The highest BCUT2D eigenvalue weighted by atomic mass is 16.5. The minimum Gasteiger partial charge on any atom is -0.381 e. The number of rotatable bonds is 5. The number of pyridine rings is 1. The van der Waals surface area contributed by atoms with Gasteiger partial charge in [0, 0.05) is 31.9 Å². The standard InChI is InChI=1S/C18H29N5O/c1-24-15-7-12-23(13-8-15)18(9-3-4-10-18)14-21-17(19)22-16-6-2-5-11-20-16/h2,5-6,11,15H,3-4,7-10,12-14H2,1H3,(H3,19,20,21,22). The predicted octanol–water partition coefficient (Wildman–Crippen LogP) is 2.23. The van der Waals surface area contributed by atoms with Gasteiger partial charge in [-0.3, -0.25) is 9.89 Å². The first kappa shape index (κ1) is 17.2. The third-order valence-corrected chi connectivity index (χ3v) is 5.45. The number of nitrogens with two attached hydrogens (primary N) is 1. The number of likely N-dealkylation sites (tertiary alicyclic amines) is 1. The molecule has 2 aliphatic rings. The molecular formula is C18H29N5O. The largest absolute Gasteiger partial charge is 0.381 e. The number of aliphatic imine (C=N–C) groups is 1. The molecule has 0 atom stereocenters. The molecule has 6 heteroatoms. The summed E-state index contributed by atoms with van der Waals surface area (Å²) in [4.78, 5) is 11.5. The zero-order valence-corrected chi connectivity index (χ0v) is 14.6. The molecule has 1 aromatic heterocycles. The molecule has 0 bridgehead atoms. The minimum absolute atomic E-state index is 0.176. The number of nitrogens with zero attached hydrogens (tertiary/aromatic N) is 3. The van der Waals surface area contributed by atoms with Crippen LogP contribution in [0.2, 0.25) is 0 Å². The Bertz CT molecular complexity index is 534. The van der Waals surface area contributed by atoms with E-state index in [9.17, 15) is 0 Å². The van der Waals surface area contributed by atoms with E-state index >= 15 is 0 Å². The minimum atomic E-state index is 0.176. The Morgan fingerprint density at radius 1 is 1.38 bits per heavy atom. The molecule has 0 amide bonds. The van der Waals surface area contributed by atoms with Gasteiger partial charge in [0.25, 0.3) is 0 Å². The molecule has 1 aromatic rings. The van der Waals surface area contributed by atoms with Crippen LogP contribution in [0.5, 0.6) is 0 Å². The van der Waals surface area contributed by atoms with Crippen molar-refractivity contribution in [2.75, 3.05) is 32.1 Å². The lowest BCUT2D eigenvalue weighted by molar-refractivity contribution is -0.0000294. The number of ether oxygens (including phenoxy) is 1. The molecule has 0 unspecified atom stereocenters. The summed E-state index contributed by atoms with van der Waals surface area (Å²) in [7, 11) is 1.82. The molecule has 24 heavy (non-hydrogen) atoms. The first-order valence-electron chi connectivity index (χ1n) is 8.98. The smallest absolute Gasteiger partial charge is 0.194 e. The van der Waals surface area contributed by atoms with Crippen molar-refractivity contribution in [2.45, 2.75) is 50.2 Å².